The van der Waals surface area contributed by atoms with Crippen molar-refractivity contribution in [2.24, 2.45) is 5.11 Å². The molecule has 1 rings (SSSR count). The molecular formula is C12H17N3O. The predicted molar refractivity (Wildman–Crippen MR) is 64.7 cm³/mol. The zero-order valence-corrected chi connectivity index (χ0v) is 9.97. The molecule has 16 heavy (non-hydrogen) atoms. The highest BCUT2D eigenvalue weighted by atomic mass is 16.5. The van der Waals surface area contributed by atoms with E-state index in [9.17, 15) is 0 Å². The topological polar surface area (TPSA) is 58.0 Å². The Balaban J connectivity index is 2.64. The third-order valence-electron chi connectivity index (χ3n) is 2.22. The van der Waals surface area contributed by atoms with Gasteiger partial charge in [-0.1, -0.05) is 38.0 Å². The van der Waals surface area contributed by atoms with Gasteiger partial charge < -0.3 is 4.74 Å². The third kappa shape index (κ3) is 3.83. The fourth-order valence-electron chi connectivity index (χ4n) is 1.30. The van der Waals surface area contributed by atoms with Gasteiger partial charge in [-0.25, -0.2) is 0 Å². The maximum absolute atomic E-state index is 8.12. The molecule has 0 heterocycles. The summed E-state index contributed by atoms with van der Waals surface area (Å²) in [4.78, 5) is 2.67. The van der Waals surface area contributed by atoms with Gasteiger partial charge in [-0.05, 0) is 28.6 Å². The minimum absolute atomic E-state index is 0.115. The molecule has 1 aromatic rings. The van der Waals surface area contributed by atoms with Crippen LogP contribution >= 0.6 is 0 Å². The van der Waals surface area contributed by atoms with Gasteiger partial charge >= 0.3 is 0 Å². The molecule has 0 bridgehead atoms. The molecule has 4 nitrogen and oxygen atoms in total. The lowest BCUT2D eigenvalue weighted by Gasteiger charge is -2.19. The molecule has 0 aliphatic heterocycles. The molecule has 0 aliphatic rings. The Hall–Kier alpha value is -1.67. The van der Waals surface area contributed by atoms with E-state index in [0.29, 0.717) is 13.2 Å². The van der Waals surface area contributed by atoms with Crippen molar-refractivity contribution in [1.29, 1.82) is 0 Å². The molecular weight excluding hydrogens is 202 g/mol. The minimum Gasteiger partial charge on any atom is -0.493 e. The Bertz CT molecular complexity index is 389. The van der Waals surface area contributed by atoms with E-state index >= 15 is 0 Å². The van der Waals surface area contributed by atoms with E-state index in [1.165, 1.54) is 5.56 Å². The van der Waals surface area contributed by atoms with Crippen molar-refractivity contribution in [3.63, 3.8) is 0 Å². The third-order valence-corrected chi connectivity index (χ3v) is 2.22. The molecule has 1 aromatic carbocycles. The van der Waals surface area contributed by atoms with Crippen molar-refractivity contribution in [3.05, 3.63) is 40.3 Å². The van der Waals surface area contributed by atoms with E-state index in [0.717, 1.165) is 5.75 Å². The normalized spacial score (nSPS) is 10.7. The van der Waals surface area contributed by atoms with Crippen LogP contribution in [-0.4, -0.2) is 13.2 Å². The molecule has 0 amide bonds. The standard InChI is InChI=1S/C12H17N3O/c1-12(2,3)10-5-4-6-11(9-10)16-8-7-14-15-13/h4-6,9H,7-8H2,1-3H3. The summed E-state index contributed by atoms with van der Waals surface area (Å²) in [6, 6.07) is 7.99. The summed E-state index contributed by atoms with van der Waals surface area (Å²) in [5.41, 5.74) is 9.46. The first-order valence-electron chi connectivity index (χ1n) is 5.28. The van der Waals surface area contributed by atoms with Gasteiger partial charge in [0.05, 0.1) is 13.2 Å². The van der Waals surface area contributed by atoms with Gasteiger partial charge in [0.1, 0.15) is 5.75 Å². The van der Waals surface area contributed by atoms with Gasteiger partial charge in [0.25, 0.3) is 0 Å². The molecule has 0 aliphatic carbocycles. The first kappa shape index (κ1) is 12.4. The monoisotopic (exact) mass is 219 g/mol. The van der Waals surface area contributed by atoms with Crippen LogP contribution in [0.1, 0.15) is 26.3 Å². The molecule has 0 N–H and O–H groups in total. The molecule has 0 saturated heterocycles. The van der Waals surface area contributed by atoms with Crippen LogP contribution in [0.4, 0.5) is 0 Å². The van der Waals surface area contributed by atoms with Gasteiger partial charge in [-0.3, -0.25) is 0 Å². The lowest BCUT2D eigenvalue weighted by molar-refractivity contribution is 0.327. The highest BCUT2D eigenvalue weighted by Crippen LogP contribution is 2.25. The van der Waals surface area contributed by atoms with Crippen LogP contribution in [0.2, 0.25) is 0 Å². The van der Waals surface area contributed by atoms with Crippen LogP contribution in [0.3, 0.4) is 0 Å². The fraction of sp³-hybridized carbons (Fsp3) is 0.500. The van der Waals surface area contributed by atoms with E-state index in [1.807, 2.05) is 18.2 Å². The molecule has 0 saturated carbocycles. The van der Waals surface area contributed by atoms with Crippen molar-refractivity contribution in [3.8, 4) is 5.75 Å². The summed E-state index contributed by atoms with van der Waals surface area (Å²) in [5.74, 6) is 0.820. The Kier molecular flexibility index (Phi) is 4.20. The number of hydrogen-bond donors (Lipinski definition) is 0. The second-order valence-corrected chi connectivity index (χ2v) is 4.58. The number of ether oxygens (including phenoxy) is 1. The van der Waals surface area contributed by atoms with Crippen molar-refractivity contribution in [1.82, 2.24) is 0 Å². The quantitative estimate of drug-likeness (QED) is 0.330. The van der Waals surface area contributed by atoms with Crippen LogP contribution in [0.25, 0.3) is 10.4 Å². The molecule has 86 valence electrons. The van der Waals surface area contributed by atoms with Crippen LogP contribution in [0.15, 0.2) is 29.4 Å². The van der Waals surface area contributed by atoms with E-state index < -0.39 is 0 Å². The summed E-state index contributed by atoms with van der Waals surface area (Å²) in [7, 11) is 0. The molecule has 0 atom stereocenters. The van der Waals surface area contributed by atoms with E-state index in [1.54, 1.807) is 0 Å². The van der Waals surface area contributed by atoms with Gasteiger partial charge in [-0.2, -0.15) is 0 Å². The lowest BCUT2D eigenvalue weighted by atomic mass is 9.87. The second-order valence-electron chi connectivity index (χ2n) is 4.58. The summed E-state index contributed by atoms with van der Waals surface area (Å²) in [6.07, 6.45) is 0. The number of hydrogen-bond acceptors (Lipinski definition) is 2. The van der Waals surface area contributed by atoms with Crippen molar-refractivity contribution in [2.75, 3.05) is 13.2 Å². The SMILES string of the molecule is CC(C)(C)c1cccc(OCCN=[N+]=[N-])c1. The zero-order chi connectivity index (χ0) is 12.0. The first-order valence-corrected chi connectivity index (χ1v) is 5.28. The molecule has 0 unspecified atom stereocenters. The predicted octanol–water partition coefficient (Wildman–Crippen LogP) is 3.67. The van der Waals surface area contributed by atoms with Gasteiger partial charge in [-0.15, -0.1) is 0 Å². The number of benzene rings is 1. The van der Waals surface area contributed by atoms with E-state index in [4.69, 9.17) is 10.3 Å². The van der Waals surface area contributed by atoms with Gasteiger partial charge in [0.15, 0.2) is 0 Å². The van der Waals surface area contributed by atoms with Crippen molar-refractivity contribution >= 4 is 0 Å². The van der Waals surface area contributed by atoms with Crippen molar-refractivity contribution < 1.29 is 4.74 Å². The average Bonchev–Trinajstić information content (AvgIpc) is 2.24. The lowest BCUT2D eigenvalue weighted by Crippen LogP contribution is -2.11. The largest absolute Gasteiger partial charge is 0.493 e. The summed E-state index contributed by atoms with van der Waals surface area (Å²) in [5, 5.41) is 3.41. The molecule has 0 spiro atoms. The van der Waals surface area contributed by atoms with E-state index in [2.05, 4.69) is 36.9 Å². The Morgan fingerprint density at radius 3 is 2.75 bits per heavy atom. The van der Waals surface area contributed by atoms with Crippen LogP contribution in [0, 0.1) is 0 Å². The molecule has 0 radical (unpaired) electrons. The Labute approximate surface area is 95.9 Å². The zero-order valence-electron chi connectivity index (χ0n) is 9.97. The smallest absolute Gasteiger partial charge is 0.119 e. The maximum atomic E-state index is 8.12. The molecule has 4 heteroatoms. The first-order chi connectivity index (χ1) is 7.54. The van der Waals surface area contributed by atoms with Crippen LogP contribution < -0.4 is 4.74 Å². The minimum atomic E-state index is 0.115. The van der Waals surface area contributed by atoms with Gasteiger partial charge in [0, 0.05) is 4.91 Å². The summed E-state index contributed by atoms with van der Waals surface area (Å²) in [6.45, 7) is 7.25. The molecule has 0 fully saturated rings. The second kappa shape index (κ2) is 5.42. The number of azide groups is 1. The maximum Gasteiger partial charge on any atom is 0.119 e. The number of nitrogens with zero attached hydrogens (tertiary/aromatic N) is 3. The average molecular weight is 219 g/mol. The van der Waals surface area contributed by atoms with E-state index in [-0.39, 0.29) is 5.41 Å². The number of rotatable bonds is 4. The summed E-state index contributed by atoms with van der Waals surface area (Å²) < 4.78 is 5.48. The highest BCUT2D eigenvalue weighted by molar-refractivity contribution is 5.32. The van der Waals surface area contributed by atoms with Crippen LogP contribution in [0.5, 0.6) is 5.75 Å². The van der Waals surface area contributed by atoms with Crippen molar-refractivity contribution in [2.45, 2.75) is 26.2 Å². The Morgan fingerprint density at radius 1 is 1.38 bits per heavy atom. The van der Waals surface area contributed by atoms with Crippen LogP contribution in [-0.2, 0) is 5.41 Å². The summed E-state index contributed by atoms with van der Waals surface area (Å²) >= 11 is 0. The highest BCUT2D eigenvalue weighted by Gasteiger charge is 2.13. The van der Waals surface area contributed by atoms with Gasteiger partial charge in [0.2, 0.25) is 0 Å². The fourth-order valence-corrected chi connectivity index (χ4v) is 1.30. The Morgan fingerprint density at radius 2 is 2.12 bits per heavy atom. The molecule has 0 aromatic heterocycles.